The Kier molecular flexibility index (Phi) is 2.58. The average Bonchev–Trinajstić information content (AvgIpc) is 3.23. The highest BCUT2D eigenvalue weighted by Crippen LogP contribution is 2.31. The predicted octanol–water partition coefficient (Wildman–Crippen LogP) is 5.21. The first-order valence-electron chi connectivity index (χ1n) is 8.62. The molecule has 0 bridgehead atoms. The highest BCUT2D eigenvalue weighted by molar-refractivity contribution is 6.08. The van der Waals surface area contributed by atoms with Crippen LogP contribution < -0.4 is 0 Å². The van der Waals surface area contributed by atoms with E-state index in [1.54, 1.807) is 0 Å². The molecule has 2 aromatic carbocycles. The van der Waals surface area contributed by atoms with Crippen molar-refractivity contribution in [3.8, 4) is 5.82 Å². The summed E-state index contributed by atoms with van der Waals surface area (Å²) in [5.74, 6) is 0.869. The van der Waals surface area contributed by atoms with E-state index >= 15 is 0 Å². The van der Waals surface area contributed by atoms with Crippen LogP contribution in [0, 0.1) is 0 Å². The molecule has 26 heavy (non-hydrogen) atoms. The number of rotatable bonds is 1. The van der Waals surface area contributed by atoms with E-state index in [1.807, 2.05) is 18.3 Å². The van der Waals surface area contributed by atoms with Crippen LogP contribution in [0.5, 0.6) is 0 Å². The smallest absolute Gasteiger partial charge is 0.146 e. The predicted molar refractivity (Wildman–Crippen MR) is 106 cm³/mol. The molecule has 0 amide bonds. The molecule has 6 rings (SSSR count). The highest BCUT2D eigenvalue weighted by Gasteiger charge is 2.14. The molecule has 0 atom stereocenters. The Morgan fingerprint density at radius 1 is 0.692 bits per heavy atom. The monoisotopic (exact) mass is 334 g/mol. The molecule has 0 unspecified atom stereocenters. The van der Waals surface area contributed by atoms with E-state index < -0.39 is 0 Å². The fraction of sp³-hybridized carbons (Fsp3) is 0. The zero-order chi connectivity index (χ0) is 17.1. The highest BCUT2D eigenvalue weighted by atomic mass is 15.1. The molecule has 0 radical (unpaired) electrons. The van der Waals surface area contributed by atoms with Gasteiger partial charge in [0.15, 0.2) is 0 Å². The minimum Gasteiger partial charge on any atom is -0.339 e. The van der Waals surface area contributed by atoms with Gasteiger partial charge in [0.2, 0.25) is 0 Å². The van der Waals surface area contributed by atoms with E-state index in [-0.39, 0.29) is 0 Å². The van der Waals surface area contributed by atoms with Crippen molar-refractivity contribution in [2.45, 2.75) is 0 Å². The Labute approximate surface area is 148 Å². The number of para-hydroxylation sites is 2. The molecule has 0 aliphatic carbocycles. The number of nitrogens with zero attached hydrogens (tertiary/aromatic N) is 3. The summed E-state index contributed by atoms with van der Waals surface area (Å²) >= 11 is 0. The molecule has 4 heteroatoms. The summed E-state index contributed by atoms with van der Waals surface area (Å²) in [6.45, 7) is 0. The lowest BCUT2D eigenvalue weighted by atomic mass is 10.2. The molecule has 6 aromatic rings. The third-order valence-electron chi connectivity index (χ3n) is 5.01. The normalized spacial score (nSPS) is 11.8. The van der Waals surface area contributed by atoms with Crippen molar-refractivity contribution in [2.75, 3.05) is 0 Å². The van der Waals surface area contributed by atoms with Crippen LogP contribution in [0.15, 0.2) is 79.0 Å². The van der Waals surface area contributed by atoms with E-state index in [1.165, 1.54) is 10.8 Å². The van der Waals surface area contributed by atoms with E-state index in [9.17, 15) is 0 Å². The second kappa shape index (κ2) is 4.92. The van der Waals surface area contributed by atoms with Crippen LogP contribution in [0.2, 0.25) is 0 Å². The fourth-order valence-corrected chi connectivity index (χ4v) is 3.87. The van der Waals surface area contributed by atoms with Gasteiger partial charge >= 0.3 is 0 Å². The van der Waals surface area contributed by atoms with Gasteiger partial charge in [-0.1, -0.05) is 36.4 Å². The number of H-pyrrole nitrogens is 1. The van der Waals surface area contributed by atoms with Crippen LogP contribution >= 0.6 is 0 Å². The second-order valence-corrected chi connectivity index (χ2v) is 6.46. The van der Waals surface area contributed by atoms with Crippen molar-refractivity contribution in [1.29, 1.82) is 0 Å². The van der Waals surface area contributed by atoms with Gasteiger partial charge in [0.05, 0.1) is 5.52 Å². The molecule has 0 saturated heterocycles. The SMILES string of the molecule is c1ccc2c(c1)[nH]c1nc(-n3c4ccccc4c4cccnc43)ccc12. The molecule has 0 aliphatic rings. The number of aromatic amines is 1. The van der Waals surface area contributed by atoms with Crippen molar-refractivity contribution in [3.05, 3.63) is 79.0 Å². The van der Waals surface area contributed by atoms with Crippen molar-refractivity contribution in [3.63, 3.8) is 0 Å². The minimum atomic E-state index is 0.869. The van der Waals surface area contributed by atoms with Crippen LogP contribution in [0.4, 0.5) is 0 Å². The van der Waals surface area contributed by atoms with Crippen molar-refractivity contribution in [1.82, 2.24) is 19.5 Å². The fourth-order valence-electron chi connectivity index (χ4n) is 3.87. The summed E-state index contributed by atoms with van der Waals surface area (Å²) < 4.78 is 2.13. The Morgan fingerprint density at radius 2 is 1.50 bits per heavy atom. The van der Waals surface area contributed by atoms with Crippen molar-refractivity contribution in [2.24, 2.45) is 0 Å². The average molecular weight is 334 g/mol. The summed E-state index contributed by atoms with van der Waals surface area (Å²) in [4.78, 5) is 13.0. The largest absolute Gasteiger partial charge is 0.339 e. The van der Waals surface area contributed by atoms with E-state index in [0.717, 1.165) is 38.9 Å². The summed E-state index contributed by atoms with van der Waals surface area (Å²) in [6.07, 6.45) is 1.83. The van der Waals surface area contributed by atoms with Gasteiger partial charge in [-0.25, -0.2) is 9.97 Å². The molecular formula is C22H14N4. The van der Waals surface area contributed by atoms with Crippen LogP contribution in [0.3, 0.4) is 0 Å². The van der Waals surface area contributed by atoms with Gasteiger partial charge in [0.25, 0.3) is 0 Å². The maximum atomic E-state index is 4.92. The molecule has 0 saturated carbocycles. The molecule has 4 aromatic heterocycles. The molecule has 4 heterocycles. The van der Waals surface area contributed by atoms with Crippen LogP contribution in [-0.4, -0.2) is 19.5 Å². The number of aromatic nitrogens is 4. The standard InChI is InChI=1S/C22H14N4/c1-3-9-18-14(6-1)16-11-12-20(25-21(16)24-18)26-19-10-4-2-7-15(19)17-8-5-13-23-22(17)26/h1-13H,(H,24,25). The molecule has 0 aliphatic heterocycles. The number of pyridine rings is 2. The second-order valence-electron chi connectivity index (χ2n) is 6.46. The number of benzene rings is 2. The quantitative estimate of drug-likeness (QED) is 0.449. The van der Waals surface area contributed by atoms with Crippen LogP contribution in [0.1, 0.15) is 0 Å². The Hall–Kier alpha value is -3.66. The topological polar surface area (TPSA) is 46.5 Å². The van der Waals surface area contributed by atoms with E-state index in [2.05, 4.69) is 75.2 Å². The lowest BCUT2D eigenvalue weighted by Gasteiger charge is -2.06. The first-order chi connectivity index (χ1) is 12.9. The van der Waals surface area contributed by atoms with Crippen LogP contribution in [-0.2, 0) is 0 Å². The summed E-state index contributed by atoms with van der Waals surface area (Å²) in [5.41, 5.74) is 4.04. The molecule has 4 nitrogen and oxygen atoms in total. The maximum absolute atomic E-state index is 4.92. The first kappa shape index (κ1) is 13.6. The van der Waals surface area contributed by atoms with Gasteiger partial charge in [-0.05, 0) is 36.4 Å². The third-order valence-corrected chi connectivity index (χ3v) is 5.01. The van der Waals surface area contributed by atoms with Gasteiger partial charge in [0, 0.05) is 33.3 Å². The minimum absolute atomic E-state index is 0.869. The van der Waals surface area contributed by atoms with Crippen LogP contribution in [0.25, 0.3) is 49.7 Å². The molecule has 122 valence electrons. The summed E-state index contributed by atoms with van der Waals surface area (Å²) in [5, 5.41) is 4.66. The van der Waals surface area contributed by atoms with Gasteiger partial charge in [-0.3, -0.25) is 4.57 Å². The van der Waals surface area contributed by atoms with Gasteiger partial charge in [0.1, 0.15) is 17.1 Å². The summed E-state index contributed by atoms with van der Waals surface area (Å²) in [6, 6.07) is 25.0. The van der Waals surface area contributed by atoms with Gasteiger partial charge in [-0.15, -0.1) is 0 Å². The van der Waals surface area contributed by atoms with E-state index in [0.29, 0.717) is 0 Å². The Bertz CT molecular complexity index is 1390. The molecule has 0 fully saturated rings. The lowest BCUT2D eigenvalue weighted by molar-refractivity contribution is 1.07. The molecular weight excluding hydrogens is 320 g/mol. The Morgan fingerprint density at radius 3 is 2.46 bits per heavy atom. The molecule has 1 N–H and O–H groups in total. The zero-order valence-corrected chi connectivity index (χ0v) is 13.8. The first-order valence-corrected chi connectivity index (χ1v) is 8.62. The zero-order valence-electron chi connectivity index (χ0n) is 13.8. The lowest BCUT2D eigenvalue weighted by Crippen LogP contribution is -1.98. The number of hydrogen-bond acceptors (Lipinski definition) is 2. The Balaban J connectivity index is 1.73. The molecule has 0 spiro atoms. The number of nitrogens with one attached hydrogen (secondary N) is 1. The maximum Gasteiger partial charge on any atom is 0.146 e. The van der Waals surface area contributed by atoms with Gasteiger partial charge < -0.3 is 4.98 Å². The summed E-state index contributed by atoms with van der Waals surface area (Å²) in [7, 11) is 0. The van der Waals surface area contributed by atoms with E-state index in [4.69, 9.17) is 4.98 Å². The third kappa shape index (κ3) is 1.73. The van der Waals surface area contributed by atoms with Crippen molar-refractivity contribution >= 4 is 43.9 Å². The number of fused-ring (bicyclic) bond motifs is 6. The van der Waals surface area contributed by atoms with Crippen molar-refractivity contribution < 1.29 is 0 Å². The van der Waals surface area contributed by atoms with Gasteiger partial charge in [-0.2, -0.15) is 0 Å². The number of hydrogen-bond donors (Lipinski definition) is 1.